The molecule has 0 saturated carbocycles. The Labute approximate surface area is 92.3 Å². The van der Waals surface area contributed by atoms with Gasteiger partial charge in [0.05, 0.1) is 19.7 Å². The minimum Gasteiger partial charge on any atom is -0.493 e. The molecule has 0 aliphatic rings. The van der Waals surface area contributed by atoms with Crippen LogP contribution in [0.25, 0.3) is 10.9 Å². The van der Waals surface area contributed by atoms with E-state index >= 15 is 0 Å². The maximum absolute atomic E-state index is 8.69. The molecule has 0 spiro atoms. The molecular formula is C11H9N3O2. The zero-order valence-electron chi connectivity index (χ0n) is 8.89. The van der Waals surface area contributed by atoms with Gasteiger partial charge in [0.2, 0.25) is 5.82 Å². The van der Waals surface area contributed by atoms with Gasteiger partial charge < -0.3 is 9.47 Å². The number of nitriles is 1. The van der Waals surface area contributed by atoms with Gasteiger partial charge in [0.25, 0.3) is 0 Å². The van der Waals surface area contributed by atoms with Crippen molar-refractivity contribution >= 4 is 10.9 Å². The maximum Gasteiger partial charge on any atom is 0.232 e. The number of benzene rings is 1. The molecule has 0 radical (unpaired) electrons. The van der Waals surface area contributed by atoms with Gasteiger partial charge in [-0.3, -0.25) is 0 Å². The molecule has 0 bridgehead atoms. The van der Waals surface area contributed by atoms with Crippen molar-refractivity contribution in [2.75, 3.05) is 14.2 Å². The van der Waals surface area contributed by atoms with Gasteiger partial charge in [0, 0.05) is 17.6 Å². The van der Waals surface area contributed by atoms with Gasteiger partial charge >= 0.3 is 0 Å². The Bertz CT molecular complexity index is 575. The molecule has 80 valence electrons. The molecule has 0 fully saturated rings. The van der Waals surface area contributed by atoms with Gasteiger partial charge in [0.1, 0.15) is 6.07 Å². The molecule has 1 heterocycles. The van der Waals surface area contributed by atoms with Gasteiger partial charge in [-0.2, -0.15) is 5.26 Å². The molecule has 5 heteroatoms. The van der Waals surface area contributed by atoms with E-state index < -0.39 is 0 Å². The van der Waals surface area contributed by atoms with E-state index in [1.54, 1.807) is 32.5 Å². The standard InChI is InChI=1S/C11H9N3O2/c1-15-9-3-7-6-13-11(5-12)14-8(7)4-10(9)16-2/h3-4,6H,1-2H3. The zero-order valence-corrected chi connectivity index (χ0v) is 8.89. The third-order valence-corrected chi connectivity index (χ3v) is 2.19. The molecule has 0 aliphatic carbocycles. The second-order valence-electron chi connectivity index (χ2n) is 3.07. The highest BCUT2D eigenvalue weighted by molar-refractivity contribution is 5.82. The zero-order chi connectivity index (χ0) is 11.5. The molecule has 0 N–H and O–H groups in total. The first-order valence-electron chi connectivity index (χ1n) is 4.57. The lowest BCUT2D eigenvalue weighted by Gasteiger charge is -2.08. The average molecular weight is 215 g/mol. The summed E-state index contributed by atoms with van der Waals surface area (Å²) in [5.74, 6) is 1.33. The number of methoxy groups -OCH3 is 2. The quantitative estimate of drug-likeness (QED) is 0.759. The van der Waals surface area contributed by atoms with Crippen molar-refractivity contribution in [1.29, 1.82) is 5.26 Å². The van der Waals surface area contributed by atoms with Crippen LogP contribution in [0.5, 0.6) is 11.5 Å². The second-order valence-corrected chi connectivity index (χ2v) is 3.07. The Morgan fingerprint density at radius 3 is 2.50 bits per heavy atom. The highest BCUT2D eigenvalue weighted by Gasteiger charge is 2.07. The Morgan fingerprint density at radius 2 is 1.88 bits per heavy atom. The topological polar surface area (TPSA) is 68.0 Å². The van der Waals surface area contributed by atoms with E-state index in [0.717, 1.165) is 5.39 Å². The molecule has 1 aromatic carbocycles. The normalized spacial score (nSPS) is 9.81. The SMILES string of the molecule is COc1cc2cnc(C#N)nc2cc1OC. The van der Waals surface area contributed by atoms with Crippen molar-refractivity contribution in [1.82, 2.24) is 9.97 Å². The molecule has 0 unspecified atom stereocenters. The van der Waals surface area contributed by atoms with Crippen LogP contribution in [0.1, 0.15) is 5.82 Å². The van der Waals surface area contributed by atoms with Gasteiger partial charge in [-0.25, -0.2) is 9.97 Å². The maximum atomic E-state index is 8.69. The van der Waals surface area contributed by atoms with Crippen LogP contribution in [-0.4, -0.2) is 24.2 Å². The van der Waals surface area contributed by atoms with Gasteiger partial charge in [-0.1, -0.05) is 0 Å². The summed E-state index contributed by atoms with van der Waals surface area (Å²) in [6, 6.07) is 5.38. The molecule has 0 atom stereocenters. The summed E-state index contributed by atoms with van der Waals surface area (Å²) in [4.78, 5) is 7.96. The van der Waals surface area contributed by atoms with Crippen LogP contribution in [0.3, 0.4) is 0 Å². The van der Waals surface area contributed by atoms with Gasteiger partial charge in [-0.05, 0) is 6.07 Å². The van der Waals surface area contributed by atoms with Crippen LogP contribution >= 0.6 is 0 Å². The van der Waals surface area contributed by atoms with Crippen LogP contribution in [-0.2, 0) is 0 Å². The first-order valence-corrected chi connectivity index (χ1v) is 4.57. The summed E-state index contributed by atoms with van der Waals surface area (Å²) in [7, 11) is 3.12. The van der Waals surface area contributed by atoms with Crippen molar-refractivity contribution in [2.45, 2.75) is 0 Å². The predicted molar refractivity (Wildman–Crippen MR) is 57.4 cm³/mol. The summed E-state index contributed by atoms with van der Waals surface area (Å²) in [6.07, 6.45) is 1.59. The van der Waals surface area contributed by atoms with Crippen LogP contribution in [0.2, 0.25) is 0 Å². The minimum absolute atomic E-state index is 0.139. The molecule has 0 aliphatic heterocycles. The van der Waals surface area contributed by atoms with E-state index in [1.165, 1.54) is 0 Å². The lowest BCUT2D eigenvalue weighted by molar-refractivity contribution is 0.356. The lowest BCUT2D eigenvalue weighted by Crippen LogP contribution is -1.94. The number of ether oxygens (including phenoxy) is 2. The van der Waals surface area contributed by atoms with Crippen LogP contribution in [0.4, 0.5) is 0 Å². The second kappa shape index (κ2) is 4.03. The Balaban J connectivity index is 2.69. The van der Waals surface area contributed by atoms with Crippen molar-refractivity contribution in [2.24, 2.45) is 0 Å². The molecular weight excluding hydrogens is 206 g/mol. The van der Waals surface area contributed by atoms with E-state index in [1.807, 2.05) is 6.07 Å². The molecule has 0 amide bonds. The van der Waals surface area contributed by atoms with Crippen molar-refractivity contribution in [3.8, 4) is 17.6 Å². The van der Waals surface area contributed by atoms with Gasteiger partial charge in [0.15, 0.2) is 11.5 Å². The molecule has 16 heavy (non-hydrogen) atoms. The molecule has 2 aromatic rings. The monoisotopic (exact) mass is 215 g/mol. The minimum atomic E-state index is 0.139. The Kier molecular flexibility index (Phi) is 2.56. The summed E-state index contributed by atoms with van der Waals surface area (Å²) in [6.45, 7) is 0. The number of nitrogens with zero attached hydrogens (tertiary/aromatic N) is 3. The fourth-order valence-corrected chi connectivity index (χ4v) is 1.41. The number of rotatable bonds is 2. The summed E-state index contributed by atoms with van der Waals surface area (Å²) in [5.41, 5.74) is 0.657. The van der Waals surface area contributed by atoms with Crippen LogP contribution in [0, 0.1) is 11.3 Å². The summed E-state index contributed by atoms with van der Waals surface area (Å²) < 4.78 is 10.3. The van der Waals surface area contributed by atoms with E-state index in [-0.39, 0.29) is 5.82 Å². The third kappa shape index (κ3) is 1.61. The summed E-state index contributed by atoms with van der Waals surface area (Å²) in [5, 5.41) is 9.50. The van der Waals surface area contributed by atoms with Crippen molar-refractivity contribution in [3.63, 3.8) is 0 Å². The third-order valence-electron chi connectivity index (χ3n) is 2.19. The van der Waals surface area contributed by atoms with E-state index in [9.17, 15) is 0 Å². The predicted octanol–water partition coefficient (Wildman–Crippen LogP) is 1.52. The number of hydrogen-bond donors (Lipinski definition) is 0. The lowest BCUT2D eigenvalue weighted by atomic mass is 10.2. The van der Waals surface area contributed by atoms with Crippen LogP contribution in [0.15, 0.2) is 18.3 Å². The van der Waals surface area contributed by atoms with Gasteiger partial charge in [-0.15, -0.1) is 0 Å². The van der Waals surface area contributed by atoms with Crippen LogP contribution < -0.4 is 9.47 Å². The largest absolute Gasteiger partial charge is 0.493 e. The first kappa shape index (κ1) is 10.2. The summed E-state index contributed by atoms with van der Waals surface area (Å²) >= 11 is 0. The Hall–Kier alpha value is -2.35. The molecule has 1 aromatic heterocycles. The van der Waals surface area contributed by atoms with E-state index in [0.29, 0.717) is 17.0 Å². The van der Waals surface area contributed by atoms with Crippen molar-refractivity contribution < 1.29 is 9.47 Å². The van der Waals surface area contributed by atoms with E-state index in [4.69, 9.17) is 14.7 Å². The average Bonchev–Trinajstić information content (AvgIpc) is 2.36. The first-order chi connectivity index (χ1) is 7.78. The smallest absolute Gasteiger partial charge is 0.232 e. The molecule has 5 nitrogen and oxygen atoms in total. The molecule has 2 rings (SSSR count). The Morgan fingerprint density at radius 1 is 1.19 bits per heavy atom. The molecule has 0 saturated heterocycles. The highest BCUT2D eigenvalue weighted by atomic mass is 16.5. The number of aromatic nitrogens is 2. The highest BCUT2D eigenvalue weighted by Crippen LogP contribution is 2.30. The fraction of sp³-hybridized carbons (Fsp3) is 0.182. The number of hydrogen-bond acceptors (Lipinski definition) is 5. The number of fused-ring (bicyclic) bond motifs is 1. The fourth-order valence-electron chi connectivity index (χ4n) is 1.41. The van der Waals surface area contributed by atoms with E-state index in [2.05, 4.69) is 9.97 Å². The van der Waals surface area contributed by atoms with Crippen molar-refractivity contribution in [3.05, 3.63) is 24.2 Å².